The monoisotopic (exact) mass is 764 g/mol. The number of nitrogens with one attached hydrogen (secondary N) is 2. The zero-order valence-electron chi connectivity index (χ0n) is 30.6. The molecule has 0 bridgehead atoms. The van der Waals surface area contributed by atoms with Crippen LogP contribution in [-0.4, -0.2) is 65.1 Å². The second-order valence-electron chi connectivity index (χ2n) is 14.9. The molecular weight excluding hydrogens is 720 g/mol. The molecule has 12 heteroatoms. The molecule has 1 fully saturated rings. The smallest absolute Gasteiger partial charge is 0.264 e. The van der Waals surface area contributed by atoms with Crippen LogP contribution in [0.15, 0.2) is 103 Å². The fourth-order valence-corrected chi connectivity index (χ4v) is 11.2. The Kier molecular flexibility index (Phi) is 10.5. The van der Waals surface area contributed by atoms with E-state index in [1.165, 1.54) is 0 Å². The van der Waals surface area contributed by atoms with E-state index < -0.39 is 31.5 Å². The van der Waals surface area contributed by atoms with Gasteiger partial charge in [-0.1, -0.05) is 79.2 Å². The number of para-hydroxylation sites is 1. The van der Waals surface area contributed by atoms with Gasteiger partial charge >= 0.3 is 0 Å². The Labute approximate surface area is 320 Å². The minimum absolute atomic E-state index is 0.0654. The van der Waals surface area contributed by atoms with E-state index in [9.17, 15) is 24.3 Å². The third-order valence-corrected chi connectivity index (χ3v) is 13.6. The van der Waals surface area contributed by atoms with Crippen molar-refractivity contribution < 1.29 is 29.0 Å². The number of nitrogens with zero attached hydrogens (tertiary/aromatic N) is 2. The molecule has 3 amide bonds. The Hall–Kier alpha value is -4.78. The quantitative estimate of drug-likeness (QED) is 0.104. The molecule has 0 unspecified atom stereocenters. The summed E-state index contributed by atoms with van der Waals surface area (Å²) in [6.07, 6.45) is 1.23. The van der Waals surface area contributed by atoms with Crippen LogP contribution in [0.1, 0.15) is 35.6 Å². The summed E-state index contributed by atoms with van der Waals surface area (Å²) in [7, 11) is -3.05. The van der Waals surface area contributed by atoms with Crippen molar-refractivity contribution in [2.45, 2.75) is 63.2 Å². The number of ether oxygens (including phenoxy) is 1. The van der Waals surface area contributed by atoms with E-state index in [-0.39, 0.29) is 50.3 Å². The molecule has 2 aliphatic heterocycles. The average molecular weight is 765 g/mol. The van der Waals surface area contributed by atoms with Gasteiger partial charge in [0.05, 0.1) is 37.8 Å². The number of aliphatic hydroxyl groups is 1. The van der Waals surface area contributed by atoms with E-state index in [1.807, 2.05) is 111 Å². The third kappa shape index (κ3) is 7.22. The van der Waals surface area contributed by atoms with Crippen LogP contribution in [0.5, 0.6) is 0 Å². The second kappa shape index (κ2) is 15.2. The summed E-state index contributed by atoms with van der Waals surface area (Å²) in [5.74, 6) is -1.18. The number of halogens is 1. The molecule has 5 aromatic rings. The lowest BCUT2D eigenvalue weighted by molar-refractivity contribution is -0.150. The minimum atomic E-state index is -3.05. The molecule has 4 N–H and O–H groups in total. The largest absolute Gasteiger partial charge is 0.432 e. The first-order chi connectivity index (χ1) is 25.9. The molecule has 280 valence electrons. The summed E-state index contributed by atoms with van der Waals surface area (Å²) in [6.45, 7) is 5.99. The Morgan fingerprint density at radius 2 is 1.74 bits per heavy atom. The molecule has 0 saturated carbocycles. The number of carbonyl (C=O) groups excluding carboxylic acids is 3. The van der Waals surface area contributed by atoms with Gasteiger partial charge in [-0.25, -0.2) is 0 Å². The highest BCUT2D eigenvalue weighted by Gasteiger charge is 2.66. The highest BCUT2D eigenvalue weighted by Crippen LogP contribution is 2.60. The van der Waals surface area contributed by atoms with Crippen molar-refractivity contribution in [3.8, 4) is 0 Å². The summed E-state index contributed by atoms with van der Waals surface area (Å²) in [4.78, 5) is 60.2. The number of H-pyrrole nitrogens is 1. The van der Waals surface area contributed by atoms with Crippen molar-refractivity contribution in [3.05, 3.63) is 131 Å². The normalized spacial score (nSPS) is 20.8. The molecule has 7 rings (SSSR count). The summed E-state index contributed by atoms with van der Waals surface area (Å²) < 4.78 is 6.88. The van der Waals surface area contributed by atoms with Crippen LogP contribution in [0.3, 0.4) is 0 Å². The SMILES string of the molecule is C[C@@H]1[C@@H]([Si](C)(C)O)[C@H](CC(=O)N(CCO)Cc2ccccc2)O[C@@]12C(=O)N(Cc1cccc(NC(=O)Cc3c[nH]c4ccccc34)c1)c1ccc(Cl)cc12. The number of aromatic nitrogens is 1. The summed E-state index contributed by atoms with van der Waals surface area (Å²) in [5, 5.41) is 14.3. The Balaban J connectivity index is 1.14. The van der Waals surface area contributed by atoms with Crippen LogP contribution in [0, 0.1) is 5.92 Å². The molecule has 10 nitrogen and oxygen atoms in total. The highest BCUT2D eigenvalue weighted by atomic mass is 35.5. The maximum Gasteiger partial charge on any atom is 0.264 e. The molecule has 1 spiro atoms. The van der Waals surface area contributed by atoms with Gasteiger partial charge in [0.25, 0.3) is 5.91 Å². The van der Waals surface area contributed by atoms with E-state index in [1.54, 1.807) is 21.9 Å². The van der Waals surface area contributed by atoms with Gasteiger partial charge < -0.3 is 34.7 Å². The van der Waals surface area contributed by atoms with Gasteiger partial charge in [-0.15, -0.1) is 0 Å². The molecule has 4 atom stereocenters. The summed E-state index contributed by atoms with van der Waals surface area (Å²) >= 11 is 6.59. The highest BCUT2D eigenvalue weighted by molar-refractivity contribution is 6.71. The number of aromatic amines is 1. The number of hydrogen-bond donors (Lipinski definition) is 4. The lowest BCUT2D eigenvalue weighted by Crippen LogP contribution is -2.46. The van der Waals surface area contributed by atoms with E-state index in [0.29, 0.717) is 28.5 Å². The zero-order chi connectivity index (χ0) is 38.2. The maximum atomic E-state index is 14.9. The van der Waals surface area contributed by atoms with E-state index in [2.05, 4.69) is 10.3 Å². The average Bonchev–Trinajstić information content (AvgIpc) is 3.75. The fraction of sp³-hybridized carbons (Fsp3) is 0.310. The topological polar surface area (TPSA) is 135 Å². The number of rotatable bonds is 12. The lowest BCUT2D eigenvalue weighted by Gasteiger charge is -2.32. The first-order valence-electron chi connectivity index (χ1n) is 18.3. The fourth-order valence-electron chi connectivity index (χ4n) is 8.51. The predicted octanol–water partition coefficient (Wildman–Crippen LogP) is 6.76. The van der Waals surface area contributed by atoms with E-state index in [0.717, 1.165) is 27.6 Å². The van der Waals surface area contributed by atoms with E-state index in [4.69, 9.17) is 16.3 Å². The van der Waals surface area contributed by atoms with E-state index >= 15 is 0 Å². The van der Waals surface area contributed by atoms with Crippen LogP contribution >= 0.6 is 11.6 Å². The predicted molar refractivity (Wildman–Crippen MR) is 212 cm³/mol. The van der Waals surface area contributed by atoms with Gasteiger partial charge in [0.15, 0.2) is 13.9 Å². The standard InChI is InChI=1S/C42H45ClN4O6Si/c1-27-40(54(2,3)52)37(23-39(50)46(18-19-48)25-28-10-5-4-6-11-28)53-42(27)34-22-31(43)16-17-36(34)47(41(42)51)26-29-12-9-13-32(20-29)45-38(49)21-30-24-44-35-15-8-7-14-33(30)35/h4-17,20,22,24,27,37,40,44,48,52H,18-19,21,23,25-26H2,1-3H3,(H,45,49)/t27-,37+,40-,42+/m1/s1. The number of amides is 3. The molecule has 0 radical (unpaired) electrons. The van der Waals surface area contributed by atoms with Crippen molar-refractivity contribution in [2.24, 2.45) is 5.92 Å². The van der Waals surface area contributed by atoms with Gasteiger partial charge in [0, 0.05) is 57.9 Å². The van der Waals surface area contributed by atoms with Gasteiger partial charge in [-0.3, -0.25) is 14.4 Å². The van der Waals surface area contributed by atoms with Crippen LogP contribution < -0.4 is 10.2 Å². The number of aliphatic hydroxyl groups excluding tert-OH is 1. The van der Waals surface area contributed by atoms with Crippen molar-refractivity contribution in [1.82, 2.24) is 9.88 Å². The van der Waals surface area contributed by atoms with Crippen molar-refractivity contribution in [2.75, 3.05) is 23.4 Å². The number of hydrogen-bond acceptors (Lipinski definition) is 6. The number of carbonyl (C=O) groups is 3. The summed E-state index contributed by atoms with van der Waals surface area (Å²) in [6, 6.07) is 30.1. The first-order valence-corrected chi connectivity index (χ1v) is 21.7. The number of anilines is 2. The summed E-state index contributed by atoms with van der Waals surface area (Å²) in [5.41, 5.74) is 3.47. The number of benzene rings is 4. The molecule has 3 heterocycles. The molecule has 0 aliphatic carbocycles. The van der Waals surface area contributed by atoms with Crippen molar-refractivity contribution in [1.29, 1.82) is 0 Å². The van der Waals surface area contributed by atoms with Crippen molar-refractivity contribution in [3.63, 3.8) is 0 Å². The number of fused-ring (bicyclic) bond motifs is 3. The van der Waals surface area contributed by atoms with Gasteiger partial charge in [0.1, 0.15) is 0 Å². The molecule has 1 aromatic heterocycles. The Morgan fingerprint density at radius 3 is 2.50 bits per heavy atom. The first kappa shape index (κ1) is 37.5. The maximum absolute atomic E-state index is 14.9. The van der Waals surface area contributed by atoms with Gasteiger partial charge in [-0.05, 0) is 66.2 Å². The Morgan fingerprint density at radius 1 is 1.00 bits per heavy atom. The van der Waals surface area contributed by atoms with Crippen LogP contribution in [0.2, 0.25) is 23.7 Å². The molecule has 1 saturated heterocycles. The lowest BCUT2D eigenvalue weighted by atomic mass is 9.82. The van der Waals surface area contributed by atoms with Crippen LogP contribution in [-0.2, 0) is 44.2 Å². The van der Waals surface area contributed by atoms with Crippen LogP contribution in [0.25, 0.3) is 10.9 Å². The Bertz CT molecular complexity index is 2190. The molecule has 4 aromatic carbocycles. The van der Waals surface area contributed by atoms with Crippen molar-refractivity contribution >= 4 is 59.9 Å². The zero-order valence-corrected chi connectivity index (χ0v) is 32.3. The minimum Gasteiger partial charge on any atom is -0.432 e. The van der Waals surface area contributed by atoms with Gasteiger partial charge in [-0.2, -0.15) is 0 Å². The van der Waals surface area contributed by atoms with Gasteiger partial charge in [0.2, 0.25) is 11.8 Å². The molecule has 54 heavy (non-hydrogen) atoms. The second-order valence-corrected chi connectivity index (χ2v) is 19.3. The van der Waals surface area contributed by atoms with Crippen LogP contribution in [0.4, 0.5) is 11.4 Å². The molecule has 2 aliphatic rings. The third-order valence-electron chi connectivity index (χ3n) is 10.8. The molecular formula is C42H45ClN4O6Si.